The molecule has 1 saturated carbocycles. The molecule has 8 nitrogen and oxygen atoms in total. The van der Waals surface area contributed by atoms with Crippen LogP contribution in [-0.2, 0) is 5.41 Å². The first-order chi connectivity index (χ1) is 17.3. The van der Waals surface area contributed by atoms with Crippen molar-refractivity contribution in [3.8, 4) is 11.3 Å². The highest BCUT2D eigenvalue weighted by molar-refractivity contribution is 5.75. The molecule has 2 heterocycles. The van der Waals surface area contributed by atoms with E-state index in [1.54, 1.807) is 6.33 Å². The summed E-state index contributed by atoms with van der Waals surface area (Å²) in [4.78, 5) is 18.4. The lowest BCUT2D eigenvalue weighted by Crippen LogP contribution is -2.29. The Morgan fingerprint density at radius 3 is 2.58 bits per heavy atom. The molecule has 2 aromatic heterocycles. The summed E-state index contributed by atoms with van der Waals surface area (Å²) in [5.74, 6) is 2.07. The van der Waals surface area contributed by atoms with Crippen LogP contribution >= 0.6 is 0 Å². The minimum Gasteiger partial charge on any atom is -0.393 e. The van der Waals surface area contributed by atoms with Gasteiger partial charge in [-0.05, 0) is 55.2 Å². The maximum Gasteiger partial charge on any atom is 0.224 e. The van der Waals surface area contributed by atoms with Crippen molar-refractivity contribution >= 4 is 23.3 Å². The number of aromatic nitrogens is 4. The Morgan fingerprint density at radius 1 is 1.03 bits per heavy atom. The number of benzene rings is 1. The van der Waals surface area contributed by atoms with E-state index in [2.05, 4.69) is 76.8 Å². The highest BCUT2D eigenvalue weighted by Gasteiger charge is 2.22. The molecular weight excluding hydrogens is 450 g/mol. The molecule has 0 radical (unpaired) electrons. The summed E-state index contributed by atoms with van der Waals surface area (Å²) < 4.78 is 0. The van der Waals surface area contributed by atoms with Gasteiger partial charge in [0.1, 0.15) is 18.0 Å². The topological polar surface area (TPSA) is 108 Å². The molecular formula is C28H39N7O. The maximum absolute atomic E-state index is 9.92. The third-order valence-corrected chi connectivity index (χ3v) is 6.58. The van der Waals surface area contributed by atoms with Gasteiger partial charge in [-0.2, -0.15) is 4.98 Å². The van der Waals surface area contributed by atoms with Crippen molar-refractivity contribution in [3.05, 3.63) is 48.4 Å². The number of nitrogens with one attached hydrogen (secondary N) is 3. The van der Waals surface area contributed by atoms with E-state index < -0.39 is 0 Å². The number of aliphatic hydroxyl groups is 1. The van der Waals surface area contributed by atoms with Gasteiger partial charge in [0, 0.05) is 30.5 Å². The van der Waals surface area contributed by atoms with E-state index in [1.165, 1.54) is 5.56 Å². The van der Waals surface area contributed by atoms with Crippen LogP contribution in [0.25, 0.3) is 11.3 Å². The molecule has 3 aromatic rings. The summed E-state index contributed by atoms with van der Waals surface area (Å²) in [5.41, 5.74) is 3.88. The average Bonchev–Trinajstić information content (AvgIpc) is 2.86. The highest BCUT2D eigenvalue weighted by Crippen LogP contribution is 2.31. The molecule has 1 aromatic carbocycles. The van der Waals surface area contributed by atoms with E-state index in [9.17, 15) is 5.11 Å². The predicted octanol–water partition coefficient (Wildman–Crippen LogP) is 5.90. The summed E-state index contributed by atoms with van der Waals surface area (Å²) in [5, 5.41) is 20.3. The Morgan fingerprint density at radius 2 is 1.83 bits per heavy atom. The average molecular weight is 490 g/mol. The van der Waals surface area contributed by atoms with Crippen molar-refractivity contribution < 1.29 is 5.11 Å². The third-order valence-electron chi connectivity index (χ3n) is 6.58. The van der Waals surface area contributed by atoms with E-state index in [0.717, 1.165) is 67.8 Å². The molecule has 36 heavy (non-hydrogen) atoms. The number of nitrogens with zero attached hydrogens (tertiary/aromatic N) is 4. The van der Waals surface area contributed by atoms with Gasteiger partial charge in [-0.15, -0.1) is 0 Å². The molecule has 0 bridgehead atoms. The fourth-order valence-corrected chi connectivity index (χ4v) is 4.34. The normalized spacial score (nSPS) is 18.0. The number of aliphatic hydroxyl groups excluding tert-OH is 1. The molecule has 0 spiro atoms. The van der Waals surface area contributed by atoms with Crippen LogP contribution in [0.2, 0.25) is 0 Å². The zero-order valence-electron chi connectivity index (χ0n) is 21.9. The Bertz CT molecular complexity index is 1140. The lowest BCUT2D eigenvalue weighted by molar-refractivity contribution is 0.126. The first-order valence-corrected chi connectivity index (χ1v) is 13.1. The Balaban J connectivity index is 1.59. The van der Waals surface area contributed by atoms with Crippen LogP contribution in [0.15, 0.2) is 42.9 Å². The largest absolute Gasteiger partial charge is 0.393 e. The monoisotopic (exact) mass is 489 g/mol. The van der Waals surface area contributed by atoms with Gasteiger partial charge in [0.15, 0.2) is 0 Å². The van der Waals surface area contributed by atoms with E-state index >= 15 is 0 Å². The summed E-state index contributed by atoms with van der Waals surface area (Å²) in [7, 11) is 0. The van der Waals surface area contributed by atoms with Crippen LogP contribution in [0.4, 0.5) is 23.3 Å². The van der Waals surface area contributed by atoms with E-state index in [0.29, 0.717) is 11.8 Å². The van der Waals surface area contributed by atoms with Crippen molar-refractivity contribution in [2.75, 3.05) is 22.5 Å². The molecule has 4 rings (SSSR count). The summed E-state index contributed by atoms with van der Waals surface area (Å²) in [6, 6.07) is 10.6. The van der Waals surface area contributed by atoms with Gasteiger partial charge >= 0.3 is 0 Å². The zero-order chi connectivity index (χ0) is 25.5. The molecule has 0 atom stereocenters. The molecule has 1 fully saturated rings. The number of anilines is 4. The molecule has 1 aliphatic carbocycles. The van der Waals surface area contributed by atoms with Gasteiger partial charge in [0.25, 0.3) is 0 Å². The van der Waals surface area contributed by atoms with Crippen LogP contribution in [0.5, 0.6) is 0 Å². The van der Waals surface area contributed by atoms with Crippen LogP contribution in [0.3, 0.4) is 0 Å². The zero-order valence-corrected chi connectivity index (χ0v) is 21.9. The minimum atomic E-state index is -0.202. The molecule has 1 aliphatic rings. The maximum atomic E-state index is 9.92. The lowest BCUT2D eigenvalue weighted by Gasteiger charge is -2.27. The Kier molecular flexibility index (Phi) is 8.36. The minimum absolute atomic E-state index is 0.0640. The fraction of sp³-hybridized carbons (Fsp3) is 0.500. The van der Waals surface area contributed by atoms with E-state index in [-0.39, 0.29) is 17.6 Å². The molecule has 8 heteroatoms. The van der Waals surface area contributed by atoms with Crippen molar-refractivity contribution in [2.45, 2.75) is 83.8 Å². The molecule has 4 N–H and O–H groups in total. The van der Waals surface area contributed by atoms with Gasteiger partial charge in [0.05, 0.1) is 17.4 Å². The second kappa shape index (κ2) is 11.6. The van der Waals surface area contributed by atoms with Gasteiger partial charge in [0.2, 0.25) is 5.95 Å². The van der Waals surface area contributed by atoms with Crippen molar-refractivity contribution in [2.24, 2.45) is 0 Å². The molecule has 0 aliphatic heterocycles. The van der Waals surface area contributed by atoms with Crippen LogP contribution in [-0.4, -0.2) is 43.7 Å². The highest BCUT2D eigenvalue weighted by atomic mass is 16.3. The summed E-state index contributed by atoms with van der Waals surface area (Å²) >= 11 is 0. The van der Waals surface area contributed by atoms with Crippen LogP contribution in [0, 0.1) is 0 Å². The van der Waals surface area contributed by atoms with Gasteiger partial charge in [-0.1, -0.05) is 46.2 Å². The molecule has 0 amide bonds. The van der Waals surface area contributed by atoms with Crippen LogP contribution < -0.4 is 16.0 Å². The third kappa shape index (κ3) is 6.91. The van der Waals surface area contributed by atoms with Crippen molar-refractivity contribution in [3.63, 3.8) is 0 Å². The lowest BCUT2D eigenvalue weighted by atomic mass is 9.87. The number of hydrogen-bond acceptors (Lipinski definition) is 8. The predicted molar refractivity (Wildman–Crippen MR) is 147 cm³/mol. The SMILES string of the molecule is CCCCNc1ncc(-c2cc(Nc3cccc(C(C)(C)C)c3)ncn2)c(NC2CCC(O)CC2)n1. The Labute approximate surface area is 214 Å². The fourth-order valence-electron chi connectivity index (χ4n) is 4.34. The van der Waals surface area contributed by atoms with E-state index in [4.69, 9.17) is 4.98 Å². The first kappa shape index (κ1) is 25.8. The summed E-state index contributed by atoms with van der Waals surface area (Å²) in [6.07, 6.45) is 8.78. The summed E-state index contributed by atoms with van der Waals surface area (Å²) in [6.45, 7) is 9.61. The molecule has 0 unspecified atom stereocenters. The second-order valence-corrected chi connectivity index (χ2v) is 10.6. The number of hydrogen-bond donors (Lipinski definition) is 4. The quantitative estimate of drug-likeness (QED) is 0.275. The second-order valence-electron chi connectivity index (χ2n) is 10.6. The van der Waals surface area contributed by atoms with Crippen molar-refractivity contribution in [1.29, 1.82) is 0 Å². The van der Waals surface area contributed by atoms with Gasteiger partial charge in [-0.25, -0.2) is 15.0 Å². The standard InChI is InChI=1S/C28H39N7O/c1-5-6-14-29-27-30-17-23(26(35-27)34-20-10-12-22(36)13-11-20)24-16-25(32-18-31-24)33-21-9-7-8-19(15-21)28(2,3)4/h7-9,15-18,20,22,36H,5-6,10-14H2,1-4H3,(H,31,32,33)(H2,29,30,34,35). The number of rotatable bonds is 9. The Hall–Kier alpha value is -3.26. The smallest absolute Gasteiger partial charge is 0.224 e. The molecule has 0 saturated heterocycles. The van der Waals surface area contributed by atoms with Crippen molar-refractivity contribution in [1.82, 2.24) is 19.9 Å². The molecule has 192 valence electrons. The first-order valence-electron chi connectivity index (χ1n) is 13.1. The van der Waals surface area contributed by atoms with Crippen LogP contribution in [0.1, 0.15) is 71.8 Å². The van der Waals surface area contributed by atoms with E-state index in [1.807, 2.05) is 18.3 Å². The van der Waals surface area contributed by atoms with Gasteiger partial charge in [-0.3, -0.25) is 0 Å². The van der Waals surface area contributed by atoms with Gasteiger partial charge < -0.3 is 21.1 Å². The number of unbranched alkanes of at least 4 members (excludes halogenated alkanes) is 1.